The Bertz CT molecular complexity index is 1100. The molecule has 0 saturated heterocycles. The fraction of sp³-hybridized carbons (Fsp3) is 0.375. The molecule has 5 heteroatoms. The van der Waals surface area contributed by atoms with Crippen molar-refractivity contribution >= 4 is 11.0 Å². The molecule has 0 radical (unpaired) electrons. The van der Waals surface area contributed by atoms with E-state index in [4.69, 9.17) is 18.6 Å². The molecule has 29 heavy (non-hydrogen) atoms. The molecule has 1 aromatic heterocycles. The zero-order chi connectivity index (χ0) is 20.4. The Morgan fingerprint density at radius 2 is 1.83 bits per heavy atom. The lowest BCUT2D eigenvalue weighted by molar-refractivity contribution is 0.297. The van der Waals surface area contributed by atoms with Gasteiger partial charge in [-0.15, -0.1) is 0 Å². The fourth-order valence-corrected chi connectivity index (χ4v) is 3.79. The van der Waals surface area contributed by atoms with Crippen molar-refractivity contribution in [3.05, 3.63) is 51.9 Å². The van der Waals surface area contributed by atoms with E-state index in [9.17, 15) is 4.79 Å². The lowest BCUT2D eigenvalue weighted by Gasteiger charge is -2.14. The third-order valence-electron chi connectivity index (χ3n) is 5.10. The second-order valence-electron chi connectivity index (χ2n) is 7.21. The summed E-state index contributed by atoms with van der Waals surface area (Å²) in [6, 6.07) is 9.38. The number of benzene rings is 2. The molecule has 2 aromatic carbocycles. The average molecular weight is 394 g/mol. The Labute approximate surface area is 170 Å². The lowest BCUT2D eigenvalue weighted by Crippen LogP contribution is -2.09. The van der Waals surface area contributed by atoms with Crippen LogP contribution in [0.25, 0.3) is 22.1 Å². The smallest absolute Gasteiger partial charge is 0.200 e. The predicted molar refractivity (Wildman–Crippen MR) is 113 cm³/mol. The molecule has 2 heterocycles. The molecule has 0 N–H and O–H groups in total. The molecule has 0 saturated carbocycles. The van der Waals surface area contributed by atoms with Crippen molar-refractivity contribution in [1.82, 2.24) is 0 Å². The van der Waals surface area contributed by atoms with E-state index in [0.717, 1.165) is 36.1 Å². The minimum absolute atomic E-state index is 0.0429. The van der Waals surface area contributed by atoms with E-state index >= 15 is 0 Å². The average Bonchev–Trinajstić information content (AvgIpc) is 2.94. The van der Waals surface area contributed by atoms with Crippen molar-refractivity contribution in [1.29, 1.82) is 0 Å². The maximum absolute atomic E-state index is 13.4. The van der Waals surface area contributed by atoms with Gasteiger partial charge in [0.05, 0.1) is 30.8 Å². The fourth-order valence-electron chi connectivity index (χ4n) is 3.79. The lowest BCUT2D eigenvalue weighted by atomic mass is 10.00. The quantitative estimate of drug-likeness (QED) is 0.589. The largest absolute Gasteiger partial charge is 0.493 e. The van der Waals surface area contributed by atoms with Crippen molar-refractivity contribution in [2.45, 2.75) is 40.0 Å². The van der Waals surface area contributed by atoms with Gasteiger partial charge in [-0.3, -0.25) is 4.79 Å². The highest BCUT2D eigenvalue weighted by molar-refractivity contribution is 5.85. The predicted octanol–water partition coefficient (Wildman–Crippen LogP) is 5.28. The van der Waals surface area contributed by atoms with Crippen LogP contribution in [-0.2, 0) is 6.42 Å². The minimum Gasteiger partial charge on any atom is -0.493 e. The summed E-state index contributed by atoms with van der Waals surface area (Å²) in [6.45, 7) is 7.68. The van der Waals surface area contributed by atoms with Crippen LogP contribution >= 0.6 is 0 Å². The summed E-state index contributed by atoms with van der Waals surface area (Å²) < 4.78 is 23.3. The molecule has 1 aliphatic heterocycles. The molecule has 152 valence electrons. The van der Waals surface area contributed by atoms with E-state index < -0.39 is 0 Å². The van der Waals surface area contributed by atoms with Crippen LogP contribution in [0.4, 0.5) is 0 Å². The molecular weight excluding hydrogens is 368 g/mol. The van der Waals surface area contributed by atoms with Gasteiger partial charge < -0.3 is 18.6 Å². The van der Waals surface area contributed by atoms with E-state index in [0.29, 0.717) is 53.6 Å². The highest BCUT2D eigenvalue weighted by atomic mass is 16.5. The molecule has 0 amide bonds. The van der Waals surface area contributed by atoms with Crippen molar-refractivity contribution in [3.63, 3.8) is 0 Å². The highest BCUT2D eigenvalue weighted by Crippen LogP contribution is 2.35. The van der Waals surface area contributed by atoms with Crippen LogP contribution in [-0.4, -0.2) is 19.8 Å². The number of ether oxygens (including phenoxy) is 3. The van der Waals surface area contributed by atoms with Crippen LogP contribution in [0, 0.1) is 6.92 Å². The molecule has 0 fully saturated rings. The third kappa shape index (κ3) is 3.69. The van der Waals surface area contributed by atoms with Crippen molar-refractivity contribution in [2.75, 3.05) is 19.8 Å². The summed E-state index contributed by atoms with van der Waals surface area (Å²) in [6.07, 6.45) is 2.65. The Morgan fingerprint density at radius 1 is 1.03 bits per heavy atom. The molecular formula is C24H26O5. The van der Waals surface area contributed by atoms with Gasteiger partial charge >= 0.3 is 0 Å². The van der Waals surface area contributed by atoms with Crippen LogP contribution in [0.5, 0.6) is 17.2 Å². The van der Waals surface area contributed by atoms with Crippen LogP contribution in [0.3, 0.4) is 0 Å². The Morgan fingerprint density at radius 3 is 2.59 bits per heavy atom. The van der Waals surface area contributed by atoms with E-state index in [-0.39, 0.29) is 5.43 Å². The van der Waals surface area contributed by atoms with Gasteiger partial charge in [0.1, 0.15) is 17.1 Å². The molecule has 0 aliphatic carbocycles. The second-order valence-corrected chi connectivity index (χ2v) is 7.21. The molecule has 0 spiro atoms. The zero-order valence-corrected chi connectivity index (χ0v) is 17.2. The first-order valence-corrected chi connectivity index (χ1v) is 10.3. The number of rotatable bonds is 5. The Kier molecular flexibility index (Phi) is 5.47. The monoisotopic (exact) mass is 394 g/mol. The summed E-state index contributed by atoms with van der Waals surface area (Å²) in [5.74, 6) is 2.73. The van der Waals surface area contributed by atoms with Gasteiger partial charge in [-0.25, -0.2) is 0 Å². The molecule has 0 atom stereocenters. The maximum Gasteiger partial charge on any atom is 0.200 e. The second kappa shape index (κ2) is 8.19. The summed E-state index contributed by atoms with van der Waals surface area (Å²) in [7, 11) is 0. The van der Waals surface area contributed by atoms with Crippen molar-refractivity contribution in [3.8, 4) is 28.4 Å². The van der Waals surface area contributed by atoms with E-state index in [1.54, 1.807) is 0 Å². The minimum atomic E-state index is -0.0429. The van der Waals surface area contributed by atoms with Crippen LogP contribution < -0.4 is 19.6 Å². The maximum atomic E-state index is 13.4. The topological polar surface area (TPSA) is 57.9 Å². The van der Waals surface area contributed by atoms with Crippen LogP contribution in [0.15, 0.2) is 39.5 Å². The van der Waals surface area contributed by atoms with E-state index in [1.165, 1.54) is 0 Å². The first-order chi connectivity index (χ1) is 14.1. The van der Waals surface area contributed by atoms with Gasteiger partial charge in [0.25, 0.3) is 0 Å². The van der Waals surface area contributed by atoms with Gasteiger partial charge in [-0.1, -0.05) is 19.4 Å². The molecule has 4 rings (SSSR count). The zero-order valence-electron chi connectivity index (χ0n) is 17.2. The molecule has 0 bridgehead atoms. The van der Waals surface area contributed by atoms with E-state index in [2.05, 4.69) is 6.92 Å². The number of hydrogen-bond acceptors (Lipinski definition) is 5. The SMILES string of the molecule is CCCc1cc2c(=O)c(-c3ccc4c(c3)OCCCO4)c(C)oc2cc1OCC. The summed E-state index contributed by atoms with van der Waals surface area (Å²) in [4.78, 5) is 13.4. The van der Waals surface area contributed by atoms with E-state index in [1.807, 2.05) is 44.2 Å². The van der Waals surface area contributed by atoms with Gasteiger partial charge in [-0.2, -0.15) is 0 Å². The number of fused-ring (bicyclic) bond motifs is 2. The van der Waals surface area contributed by atoms with Crippen LogP contribution in [0.1, 0.15) is 38.0 Å². The van der Waals surface area contributed by atoms with Gasteiger partial charge in [0.15, 0.2) is 11.5 Å². The number of hydrogen-bond donors (Lipinski definition) is 0. The molecule has 5 nitrogen and oxygen atoms in total. The first kappa shape index (κ1) is 19.4. The molecule has 3 aromatic rings. The third-order valence-corrected chi connectivity index (χ3v) is 5.10. The Hall–Kier alpha value is -2.95. The highest BCUT2D eigenvalue weighted by Gasteiger charge is 2.19. The normalized spacial score (nSPS) is 13.3. The van der Waals surface area contributed by atoms with Crippen molar-refractivity contribution < 1.29 is 18.6 Å². The van der Waals surface area contributed by atoms with Gasteiger partial charge in [0.2, 0.25) is 5.43 Å². The summed E-state index contributed by atoms with van der Waals surface area (Å²) >= 11 is 0. The molecule has 1 aliphatic rings. The molecule has 0 unspecified atom stereocenters. The standard InChI is InChI=1S/C24H26O5/c1-4-7-16-12-18-21(14-20(16)26-5-2)29-15(3)23(24(18)25)17-8-9-19-22(13-17)28-11-6-10-27-19/h8-9,12-14H,4-7,10-11H2,1-3H3. The summed E-state index contributed by atoms with van der Waals surface area (Å²) in [5, 5.41) is 0.574. The first-order valence-electron chi connectivity index (χ1n) is 10.3. The van der Waals surface area contributed by atoms with Crippen molar-refractivity contribution in [2.24, 2.45) is 0 Å². The number of aryl methyl sites for hydroxylation is 2. The summed E-state index contributed by atoms with van der Waals surface area (Å²) in [5.41, 5.74) is 2.86. The van der Waals surface area contributed by atoms with Gasteiger partial charge in [-0.05, 0) is 49.6 Å². The van der Waals surface area contributed by atoms with Gasteiger partial charge in [0, 0.05) is 12.5 Å². The Balaban J connectivity index is 1.88. The van der Waals surface area contributed by atoms with Crippen LogP contribution in [0.2, 0.25) is 0 Å².